The molecule has 0 aliphatic carbocycles. The highest BCUT2D eigenvalue weighted by Crippen LogP contribution is 2.25. The smallest absolute Gasteiger partial charge is 0.222 e. The summed E-state index contributed by atoms with van der Waals surface area (Å²) in [5.41, 5.74) is 1.09. The maximum atomic E-state index is 12.6. The molecule has 0 aliphatic rings. The first kappa shape index (κ1) is 18.1. The fourth-order valence-corrected chi connectivity index (χ4v) is 3.93. The van der Waals surface area contributed by atoms with Crippen molar-refractivity contribution in [1.82, 2.24) is 10.6 Å². The standard InChI is InChI=1S/C21H22N2O2S/c1-14(17-10-5-8-16-7-3-4-9-18(16)17)22-21(25)13-19(23-15(2)24)20-11-6-12-26-20/h3-12,14,19H,13H2,1-2H3,(H,22,25)(H,23,24)/t14-,19+/m1/s1. The van der Waals surface area contributed by atoms with E-state index >= 15 is 0 Å². The Labute approximate surface area is 157 Å². The molecular formula is C21H22N2O2S. The van der Waals surface area contributed by atoms with Crippen LogP contribution in [0.2, 0.25) is 0 Å². The maximum Gasteiger partial charge on any atom is 0.222 e. The molecule has 2 aromatic carbocycles. The summed E-state index contributed by atoms with van der Waals surface area (Å²) in [5, 5.41) is 10.2. The lowest BCUT2D eigenvalue weighted by Crippen LogP contribution is -2.33. The fraction of sp³-hybridized carbons (Fsp3) is 0.238. The maximum absolute atomic E-state index is 12.6. The Morgan fingerprint density at radius 1 is 1.00 bits per heavy atom. The molecule has 5 heteroatoms. The molecular weight excluding hydrogens is 344 g/mol. The van der Waals surface area contributed by atoms with Gasteiger partial charge in [-0.1, -0.05) is 48.5 Å². The van der Waals surface area contributed by atoms with Crippen molar-refractivity contribution < 1.29 is 9.59 Å². The molecule has 1 aromatic heterocycles. The largest absolute Gasteiger partial charge is 0.349 e. The van der Waals surface area contributed by atoms with Crippen molar-refractivity contribution in [1.29, 1.82) is 0 Å². The molecule has 4 nitrogen and oxygen atoms in total. The Hall–Kier alpha value is -2.66. The molecule has 26 heavy (non-hydrogen) atoms. The third-order valence-electron chi connectivity index (χ3n) is 4.32. The van der Waals surface area contributed by atoms with Gasteiger partial charge < -0.3 is 10.6 Å². The zero-order valence-corrected chi connectivity index (χ0v) is 15.7. The number of thiophene rings is 1. The zero-order chi connectivity index (χ0) is 18.5. The summed E-state index contributed by atoms with van der Waals surface area (Å²) < 4.78 is 0. The van der Waals surface area contributed by atoms with Gasteiger partial charge in [0.25, 0.3) is 0 Å². The van der Waals surface area contributed by atoms with Crippen molar-refractivity contribution in [3.63, 3.8) is 0 Å². The van der Waals surface area contributed by atoms with Crippen LogP contribution in [0.15, 0.2) is 60.0 Å². The van der Waals surface area contributed by atoms with Crippen LogP contribution in [0.1, 0.15) is 42.8 Å². The molecule has 0 saturated carbocycles. The van der Waals surface area contributed by atoms with Gasteiger partial charge in [-0.05, 0) is 34.7 Å². The third kappa shape index (κ3) is 4.29. The Morgan fingerprint density at radius 3 is 2.50 bits per heavy atom. The third-order valence-corrected chi connectivity index (χ3v) is 5.31. The summed E-state index contributed by atoms with van der Waals surface area (Å²) in [6.07, 6.45) is 0.217. The van der Waals surface area contributed by atoms with E-state index in [9.17, 15) is 9.59 Å². The van der Waals surface area contributed by atoms with Gasteiger partial charge in [-0.2, -0.15) is 0 Å². The predicted molar refractivity (Wildman–Crippen MR) is 106 cm³/mol. The summed E-state index contributed by atoms with van der Waals surface area (Å²) in [6, 6.07) is 17.7. The first-order valence-electron chi connectivity index (χ1n) is 8.62. The topological polar surface area (TPSA) is 58.2 Å². The molecule has 3 aromatic rings. The van der Waals surface area contributed by atoms with Gasteiger partial charge >= 0.3 is 0 Å². The summed E-state index contributed by atoms with van der Waals surface area (Å²) in [7, 11) is 0. The highest BCUT2D eigenvalue weighted by Gasteiger charge is 2.20. The van der Waals surface area contributed by atoms with E-state index in [1.54, 1.807) is 0 Å². The minimum absolute atomic E-state index is 0.0856. The molecule has 0 bridgehead atoms. The average Bonchev–Trinajstić information content (AvgIpc) is 3.14. The number of benzene rings is 2. The van der Waals surface area contributed by atoms with Crippen molar-refractivity contribution in [3.8, 4) is 0 Å². The molecule has 134 valence electrons. The van der Waals surface area contributed by atoms with Crippen molar-refractivity contribution in [2.24, 2.45) is 0 Å². The van der Waals surface area contributed by atoms with E-state index in [1.165, 1.54) is 18.3 Å². The SMILES string of the molecule is CC(=O)N[C@@H](CC(=O)N[C@H](C)c1cccc2ccccc12)c1cccs1. The number of hydrogen-bond donors (Lipinski definition) is 2. The molecule has 0 unspecified atom stereocenters. The molecule has 1 heterocycles. The van der Waals surface area contributed by atoms with E-state index in [0.29, 0.717) is 0 Å². The highest BCUT2D eigenvalue weighted by molar-refractivity contribution is 7.10. The van der Waals surface area contributed by atoms with Gasteiger partial charge in [-0.25, -0.2) is 0 Å². The number of fused-ring (bicyclic) bond motifs is 1. The summed E-state index contributed by atoms with van der Waals surface area (Å²) in [4.78, 5) is 25.1. The second-order valence-corrected chi connectivity index (χ2v) is 7.31. The van der Waals surface area contributed by atoms with Gasteiger partial charge in [0, 0.05) is 11.8 Å². The van der Waals surface area contributed by atoms with E-state index in [0.717, 1.165) is 21.2 Å². The molecule has 2 N–H and O–H groups in total. The van der Waals surface area contributed by atoms with Gasteiger partial charge in [-0.15, -0.1) is 11.3 Å². The van der Waals surface area contributed by atoms with Gasteiger partial charge in [0.1, 0.15) is 0 Å². The van der Waals surface area contributed by atoms with Gasteiger partial charge in [0.05, 0.1) is 18.5 Å². The van der Waals surface area contributed by atoms with E-state index < -0.39 is 0 Å². The van der Waals surface area contributed by atoms with Crippen LogP contribution >= 0.6 is 11.3 Å². The van der Waals surface area contributed by atoms with Crippen LogP contribution < -0.4 is 10.6 Å². The highest BCUT2D eigenvalue weighted by atomic mass is 32.1. The monoisotopic (exact) mass is 366 g/mol. The molecule has 0 aliphatic heterocycles. The Morgan fingerprint density at radius 2 is 1.77 bits per heavy atom. The Balaban J connectivity index is 1.73. The first-order valence-corrected chi connectivity index (χ1v) is 9.50. The average molecular weight is 366 g/mol. The Kier molecular flexibility index (Phi) is 5.68. The van der Waals surface area contributed by atoms with Crippen LogP contribution in [-0.4, -0.2) is 11.8 Å². The van der Waals surface area contributed by atoms with Crippen molar-refractivity contribution in [2.75, 3.05) is 0 Å². The van der Waals surface area contributed by atoms with Crippen molar-refractivity contribution in [3.05, 3.63) is 70.4 Å². The van der Waals surface area contributed by atoms with Gasteiger partial charge in [0.2, 0.25) is 11.8 Å². The minimum Gasteiger partial charge on any atom is -0.349 e. The lowest BCUT2D eigenvalue weighted by molar-refractivity contribution is -0.123. The van der Waals surface area contributed by atoms with Crippen molar-refractivity contribution in [2.45, 2.75) is 32.4 Å². The molecule has 3 rings (SSSR count). The second kappa shape index (κ2) is 8.15. The van der Waals surface area contributed by atoms with Crippen LogP contribution in [0.3, 0.4) is 0 Å². The Bertz CT molecular complexity index is 900. The molecule has 0 spiro atoms. The number of carbonyl (C=O) groups excluding carboxylic acids is 2. The van der Waals surface area contributed by atoms with Crippen LogP contribution in [0.25, 0.3) is 10.8 Å². The van der Waals surface area contributed by atoms with E-state index in [1.807, 2.05) is 48.7 Å². The molecule has 2 atom stereocenters. The minimum atomic E-state index is -0.299. The zero-order valence-electron chi connectivity index (χ0n) is 14.9. The van der Waals surface area contributed by atoms with E-state index in [4.69, 9.17) is 0 Å². The number of carbonyl (C=O) groups is 2. The second-order valence-electron chi connectivity index (χ2n) is 6.33. The number of amides is 2. The molecule has 2 amide bonds. The fourth-order valence-electron chi connectivity index (χ4n) is 3.15. The molecule has 0 saturated heterocycles. The lowest BCUT2D eigenvalue weighted by atomic mass is 9.99. The number of nitrogens with one attached hydrogen (secondary N) is 2. The summed E-state index contributed by atoms with van der Waals surface area (Å²) in [5.74, 6) is -0.226. The quantitative estimate of drug-likeness (QED) is 0.681. The van der Waals surface area contributed by atoms with Crippen LogP contribution in [-0.2, 0) is 9.59 Å². The van der Waals surface area contributed by atoms with E-state index in [-0.39, 0.29) is 30.3 Å². The predicted octanol–water partition coefficient (Wildman–Crippen LogP) is 4.35. The normalized spacial score (nSPS) is 13.2. The summed E-state index contributed by atoms with van der Waals surface area (Å²) in [6.45, 7) is 3.45. The molecule has 0 radical (unpaired) electrons. The number of rotatable bonds is 6. The lowest BCUT2D eigenvalue weighted by Gasteiger charge is -2.20. The molecule has 0 fully saturated rings. The van der Waals surface area contributed by atoms with Gasteiger partial charge in [0.15, 0.2) is 0 Å². The first-order chi connectivity index (χ1) is 12.5. The van der Waals surface area contributed by atoms with E-state index in [2.05, 4.69) is 28.8 Å². The van der Waals surface area contributed by atoms with Crippen LogP contribution in [0.5, 0.6) is 0 Å². The van der Waals surface area contributed by atoms with Crippen LogP contribution in [0.4, 0.5) is 0 Å². The van der Waals surface area contributed by atoms with Crippen molar-refractivity contribution >= 4 is 33.9 Å². The van der Waals surface area contributed by atoms with Gasteiger partial charge in [-0.3, -0.25) is 9.59 Å². The summed E-state index contributed by atoms with van der Waals surface area (Å²) >= 11 is 1.54. The number of hydrogen-bond acceptors (Lipinski definition) is 3. The van der Waals surface area contributed by atoms with Crippen LogP contribution in [0, 0.1) is 0 Å².